The van der Waals surface area contributed by atoms with Gasteiger partial charge in [0.05, 0.1) is 20.2 Å². The minimum Gasteiger partial charge on any atom is -0.497 e. The molecule has 2 heterocycles. The first-order chi connectivity index (χ1) is 15.2. The van der Waals surface area contributed by atoms with Crippen molar-refractivity contribution in [3.63, 3.8) is 0 Å². The standard InChI is InChI=1S/C24H31N3O4/c1-3-26(16-21-18-30-22-6-4-5-7-23(22)31-21)24(28)17-25-12-14-27(15-13-25)19-8-10-20(29-2)11-9-19/h4-11,21H,3,12-18H2,1-2H3/t21-/m0/s1. The Hall–Kier alpha value is -2.93. The molecule has 31 heavy (non-hydrogen) atoms. The van der Waals surface area contributed by atoms with E-state index in [-0.39, 0.29) is 12.0 Å². The first-order valence-electron chi connectivity index (χ1n) is 10.9. The Morgan fingerprint density at radius 2 is 1.77 bits per heavy atom. The number of nitrogens with zero attached hydrogens (tertiary/aromatic N) is 3. The normalized spacial score (nSPS) is 18.5. The summed E-state index contributed by atoms with van der Waals surface area (Å²) in [4.78, 5) is 19.4. The van der Waals surface area contributed by atoms with Crippen molar-refractivity contribution in [3.8, 4) is 17.2 Å². The molecule has 1 atom stereocenters. The number of likely N-dealkylation sites (N-methyl/N-ethyl adjacent to an activating group) is 1. The lowest BCUT2D eigenvalue weighted by Crippen LogP contribution is -2.51. The second kappa shape index (κ2) is 9.92. The van der Waals surface area contributed by atoms with Crippen molar-refractivity contribution in [2.24, 2.45) is 0 Å². The van der Waals surface area contributed by atoms with Crippen molar-refractivity contribution in [1.29, 1.82) is 0 Å². The topological polar surface area (TPSA) is 54.5 Å². The van der Waals surface area contributed by atoms with E-state index in [1.807, 2.05) is 48.2 Å². The summed E-state index contributed by atoms with van der Waals surface area (Å²) in [7, 11) is 1.68. The van der Waals surface area contributed by atoms with Crippen LogP contribution in [0.3, 0.4) is 0 Å². The predicted molar refractivity (Wildman–Crippen MR) is 120 cm³/mol. The highest BCUT2D eigenvalue weighted by molar-refractivity contribution is 5.78. The van der Waals surface area contributed by atoms with Crippen LogP contribution in [0, 0.1) is 0 Å². The van der Waals surface area contributed by atoms with Crippen molar-refractivity contribution >= 4 is 11.6 Å². The number of piperazine rings is 1. The summed E-state index contributed by atoms with van der Waals surface area (Å²) in [5.74, 6) is 2.52. The molecule has 0 saturated carbocycles. The van der Waals surface area contributed by atoms with E-state index in [0.717, 1.165) is 43.4 Å². The molecule has 1 amide bonds. The number of ether oxygens (including phenoxy) is 3. The molecule has 0 aromatic heterocycles. The third-order valence-corrected chi connectivity index (χ3v) is 5.89. The maximum absolute atomic E-state index is 12.9. The van der Waals surface area contributed by atoms with Crippen LogP contribution >= 0.6 is 0 Å². The number of para-hydroxylation sites is 2. The van der Waals surface area contributed by atoms with Gasteiger partial charge in [0, 0.05) is 38.4 Å². The molecular formula is C24H31N3O4. The molecule has 0 bridgehead atoms. The summed E-state index contributed by atoms with van der Waals surface area (Å²) in [6, 6.07) is 15.8. The molecule has 7 heteroatoms. The van der Waals surface area contributed by atoms with E-state index in [4.69, 9.17) is 14.2 Å². The minimum atomic E-state index is -0.147. The highest BCUT2D eigenvalue weighted by Gasteiger charge is 2.26. The highest BCUT2D eigenvalue weighted by atomic mass is 16.6. The lowest BCUT2D eigenvalue weighted by Gasteiger charge is -2.37. The van der Waals surface area contributed by atoms with Gasteiger partial charge in [-0.05, 0) is 43.3 Å². The number of methoxy groups -OCH3 is 1. The Morgan fingerprint density at radius 1 is 1.06 bits per heavy atom. The lowest BCUT2D eigenvalue weighted by molar-refractivity contribution is -0.133. The summed E-state index contributed by atoms with van der Waals surface area (Å²) in [5, 5.41) is 0. The third-order valence-electron chi connectivity index (χ3n) is 5.89. The van der Waals surface area contributed by atoms with Gasteiger partial charge in [-0.1, -0.05) is 12.1 Å². The summed E-state index contributed by atoms with van der Waals surface area (Å²) in [5.41, 5.74) is 1.19. The average molecular weight is 426 g/mol. The maximum atomic E-state index is 12.9. The molecule has 0 aliphatic carbocycles. The molecule has 2 aliphatic heterocycles. The quantitative estimate of drug-likeness (QED) is 0.680. The third kappa shape index (κ3) is 5.22. The predicted octanol–water partition coefficient (Wildman–Crippen LogP) is 2.51. The number of benzene rings is 2. The minimum absolute atomic E-state index is 0.142. The number of hydrogen-bond donors (Lipinski definition) is 0. The van der Waals surface area contributed by atoms with Gasteiger partial charge in [0.25, 0.3) is 0 Å². The van der Waals surface area contributed by atoms with E-state index in [9.17, 15) is 4.79 Å². The Bertz CT molecular complexity index is 865. The summed E-state index contributed by atoms with van der Waals surface area (Å²) >= 11 is 0. The monoisotopic (exact) mass is 425 g/mol. The van der Waals surface area contributed by atoms with Crippen LogP contribution in [-0.4, -0.2) is 81.3 Å². The molecule has 0 spiro atoms. The fourth-order valence-electron chi connectivity index (χ4n) is 4.05. The van der Waals surface area contributed by atoms with E-state index in [1.165, 1.54) is 5.69 Å². The van der Waals surface area contributed by atoms with Gasteiger partial charge in [0.2, 0.25) is 5.91 Å². The smallest absolute Gasteiger partial charge is 0.236 e. The Kier molecular flexibility index (Phi) is 6.82. The molecule has 2 aromatic carbocycles. The fourth-order valence-corrected chi connectivity index (χ4v) is 4.05. The van der Waals surface area contributed by atoms with Crippen LogP contribution in [0.2, 0.25) is 0 Å². The number of carbonyl (C=O) groups is 1. The van der Waals surface area contributed by atoms with Crippen LogP contribution in [0.4, 0.5) is 5.69 Å². The van der Waals surface area contributed by atoms with Crippen LogP contribution in [0.1, 0.15) is 6.92 Å². The molecule has 1 fully saturated rings. The number of anilines is 1. The molecule has 4 rings (SSSR count). The molecule has 2 aromatic rings. The zero-order chi connectivity index (χ0) is 21.6. The van der Waals surface area contributed by atoms with E-state index in [2.05, 4.69) is 21.9 Å². The molecule has 0 radical (unpaired) electrons. The number of amides is 1. The van der Waals surface area contributed by atoms with E-state index in [1.54, 1.807) is 7.11 Å². The molecular weight excluding hydrogens is 394 g/mol. The lowest BCUT2D eigenvalue weighted by atomic mass is 10.2. The molecule has 0 unspecified atom stereocenters. The summed E-state index contributed by atoms with van der Waals surface area (Å²) < 4.78 is 17.1. The zero-order valence-corrected chi connectivity index (χ0v) is 18.3. The number of hydrogen-bond acceptors (Lipinski definition) is 6. The molecule has 1 saturated heterocycles. The highest BCUT2D eigenvalue weighted by Crippen LogP contribution is 2.31. The van der Waals surface area contributed by atoms with Gasteiger partial charge in [-0.25, -0.2) is 0 Å². The molecule has 0 N–H and O–H groups in total. The molecule has 2 aliphatic rings. The van der Waals surface area contributed by atoms with E-state index >= 15 is 0 Å². The Labute approximate surface area is 184 Å². The van der Waals surface area contributed by atoms with Crippen molar-refractivity contribution < 1.29 is 19.0 Å². The Morgan fingerprint density at radius 3 is 2.45 bits per heavy atom. The van der Waals surface area contributed by atoms with Crippen molar-refractivity contribution in [2.75, 3.05) is 64.4 Å². The van der Waals surface area contributed by atoms with Gasteiger partial charge in [0.15, 0.2) is 17.6 Å². The van der Waals surface area contributed by atoms with Crippen LogP contribution in [0.5, 0.6) is 17.2 Å². The zero-order valence-electron chi connectivity index (χ0n) is 18.3. The first-order valence-corrected chi connectivity index (χ1v) is 10.9. The van der Waals surface area contributed by atoms with Gasteiger partial charge >= 0.3 is 0 Å². The van der Waals surface area contributed by atoms with E-state index in [0.29, 0.717) is 26.2 Å². The van der Waals surface area contributed by atoms with Crippen LogP contribution in [0.25, 0.3) is 0 Å². The van der Waals surface area contributed by atoms with Crippen molar-refractivity contribution in [3.05, 3.63) is 48.5 Å². The molecule has 166 valence electrons. The number of rotatable bonds is 7. The second-order valence-electron chi connectivity index (χ2n) is 7.89. The summed E-state index contributed by atoms with van der Waals surface area (Å²) in [6.45, 7) is 7.65. The van der Waals surface area contributed by atoms with Gasteiger partial charge in [-0.15, -0.1) is 0 Å². The van der Waals surface area contributed by atoms with Crippen molar-refractivity contribution in [1.82, 2.24) is 9.80 Å². The van der Waals surface area contributed by atoms with Gasteiger partial charge < -0.3 is 24.0 Å². The van der Waals surface area contributed by atoms with Crippen LogP contribution in [0.15, 0.2) is 48.5 Å². The average Bonchev–Trinajstić information content (AvgIpc) is 2.83. The maximum Gasteiger partial charge on any atom is 0.236 e. The largest absolute Gasteiger partial charge is 0.497 e. The van der Waals surface area contributed by atoms with Crippen LogP contribution < -0.4 is 19.1 Å². The number of carbonyl (C=O) groups excluding carboxylic acids is 1. The van der Waals surface area contributed by atoms with E-state index < -0.39 is 0 Å². The van der Waals surface area contributed by atoms with Gasteiger partial charge in [-0.3, -0.25) is 9.69 Å². The number of fused-ring (bicyclic) bond motifs is 1. The van der Waals surface area contributed by atoms with Gasteiger partial charge in [0.1, 0.15) is 12.4 Å². The first kappa shape index (κ1) is 21.3. The van der Waals surface area contributed by atoms with Gasteiger partial charge in [-0.2, -0.15) is 0 Å². The second-order valence-corrected chi connectivity index (χ2v) is 7.89. The Balaban J connectivity index is 1.25. The fraction of sp³-hybridized carbons (Fsp3) is 0.458. The summed E-state index contributed by atoms with van der Waals surface area (Å²) in [6.07, 6.45) is -0.147. The van der Waals surface area contributed by atoms with Crippen molar-refractivity contribution in [2.45, 2.75) is 13.0 Å². The van der Waals surface area contributed by atoms with Crippen LogP contribution in [-0.2, 0) is 4.79 Å². The SMILES string of the molecule is CCN(C[C@H]1COc2ccccc2O1)C(=O)CN1CCN(c2ccc(OC)cc2)CC1. The molecule has 7 nitrogen and oxygen atoms in total.